The molecule has 0 aliphatic carbocycles. The summed E-state index contributed by atoms with van der Waals surface area (Å²) in [6, 6.07) is 13.5. The molecule has 1 aliphatic rings. The molecule has 0 amide bonds. The van der Waals surface area contributed by atoms with Crippen molar-refractivity contribution in [1.82, 2.24) is 0 Å². The third kappa shape index (κ3) is 4.00. The van der Waals surface area contributed by atoms with Crippen molar-refractivity contribution < 1.29 is 33.7 Å². The summed E-state index contributed by atoms with van der Waals surface area (Å²) in [4.78, 5) is 12.3. The predicted molar refractivity (Wildman–Crippen MR) is 85.6 cm³/mol. The van der Waals surface area contributed by atoms with Gasteiger partial charge in [0, 0.05) is 31.5 Å². The number of benzene rings is 2. The second kappa shape index (κ2) is 8.26. The summed E-state index contributed by atoms with van der Waals surface area (Å²) in [7, 11) is 0. The first-order chi connectivity index (χ1) is 10.8. The van der Waals surface area contributed by atoms with Crippen LogP contribution in [0.3, 0.4) is 0 Å². The van der Waals surface area contributed by atoms with E-state index in [9.17, 15) is 4.79 Å². The molecule has 116 valence electrons. The average Bonchev–Trinajstić information content (AvgIpc) is 2.56. The minimum Gasteiger partial charge on any atom is -0.462 e. The molecule has 2 aromatic carbocycles. The number of carbonyl (C=O) groups is 1. The van der Waals surface area contributed by atoms with Crippen LogP contribution in [0.25, 0.3) is 0 Å². The Labute approximate surface area is 149 Å². The Morgan fingerprint density at radius 1 is 1.09 bits per heavy atom. The van der Waals surface area contributed by atoms with Crippen LogP contribution in [-0.4, -0.2) is 12.6 Å². The van der Waals surface area contributed by atoms with Crippen molar-refractivity contribution >= 4 is 5.97 Å². The van der Waals surface area contributed by atoms with Crippen LogP contribution in [0.1, 0.15) is 47.7 Å². The van der Waals surface area contributed by atoms with Gasteiger partial charge in [0.2, 0.25) is 0 Å². The zero-order valence-electron chi connectivity index (χ0n) is 13.5. The van der Waals surface area contributed by atoms with Crippen molar-refractivity contribution in [3.05, 3.63) is 59.2 Å². The number of fused-ring (bicyclic) bond motifs is 2. The van der Waals surface area contributed by atoms with Gasteiger partial charge in [-0.05, 0) is 30.2 Å². The standard InChI is InChI=1S/C19H20O3.Zn/c1-2-3-6-12-21-19(20)15-9-7-11-18-16(15)13-14-8-4-5-10-17(14)22-18;/h4-5,7-11H,2-3,6,12-13H2,1H3;. The molecule has 0 bridgehead atoms. The first-order valence-corrected chi connectivity index (χ1v) is 7.84. The Bertz CT molecular complexity index is 682. The van der Waals surface area contributed by atoms with Gasteiger partial charge in [0.25, 0.3) is 0 Å². The van der Waals surface area contributed by atoms with Crippen LogP contribution in [0, 0.1) is 0 Å². The molecule has 0 spiro atoms. The summed E-state index contributed by atoms with van der Waals surface area (Å²) in [5.41, 5.74) is 2.63. The van der Waals surface area contributed by atoms with Crippen molar-refractivity contribution in [2.24, 2.45) is 0 Å². The molecule has 0 radical (unpaired) electrons. The molecule has 0 saturated heterocycles. The number of unbranched alkanes of at least 4 members (excludes halogenated alkanes) is 2. The quantitative estimate of drug-likeness (QED) is 0.374. The molecule has 0 atom stereocenters. The van der Waals surface area contributed by atoms with E-state index >= 15 is 0 Å². The van der Waals surface area contributed by atoms with E-state index in [-0.39, 0.29) is 25.4 Å². The molecule has 0 unspecified atom stereocenters. The van der Waals surface area contributed by atoms with Gasteiger partial charge in [0.1, 0.15) is 11.5 Å². The zero-order chi connectivity index (χ0) is 15.4. The number of para-hydroxylation sites is 1. The van der Waals surface area contributed by atoms with Gasteiger partial charge in [-0.15, -0.1) is 0 Å². The Morgan fingerprint density at radius 2 is 1.87 bits per heavy atom. The van der Waals surface area contributed by atoms with Gasteiger partial charge in [-0.2, -0.15) is 0 Å². The summed E-state index contributed by atoms with van der Waals surface area (Å²) >= 11 is 0. The summed E-state index contributed by atoms with van der Waals surface area (Å²) in [5.74, 6) is 1.36. The van der Waals surface area contributed by atoms with Crippen LogP contribution in [0.4, 0.5) is 0 Å². The normalized spacial score (nSPS) is 11.5. The number of rotatable bonds is 5. The first-order valence-electron chi connectivity index (χ1n) is 7.84. The molecule has 0 N–H and O–H groups in total. The fourth-order valence-corrected chi connectivity index (χ4v) is 2.69. The van der Waals surface area contributed by atoms with Gasteiger partial charge >= 0.3 is 5.97 Å². The van der Waals surface area contributed by atoms with E-state index in [1.165, 1.54) is 0 Å². The Balaban J connectivity index is 0.00000192. The van der Waals surface area contributed by atoms with Crippen molar-refractivity contribution in [2.75, 3.05) is 6.61 Å². The molecule has 0 fully saturated rings. The van der Waals surface area contributed by atoms with Crippen LogP contribution in [0.2, 0.25) is 0 Å². The Hall–Kier alpha value is -1.67. The second-order valence-electron chi connectivity index (χ2n) is 5.51. The zero-order valence-corrected chi connectivity index (χ0v) is 16.5. The molecule has 3 nitrogen and oxygen atoms in total. The summed E-state index contributed by atoms with van der Waals surface area (Å²) in [5, 5.41) is 0. The van der Waals surface area contributed by atoms with E-state index in [1.807, 2.05) is 42.5 Å². The largest absolute Gasteiger partial charge is 0.462 e. The monoisotopic (exact) mass is 360 g/mol. The minimum absolute atomic E-state index is 0. The molecule has 0 saturated carbocycles. The van der Waals surface area contributed by atoms with Crippen LogP contribution in [0.15, 0.2) is 42.5 Å². The Morgan fingerprint density at radius 3 is 2.70 bits per heavy atom. The smallest absolute Gasteiger partial charge is 0.338 e. The number of carbonyl (C=O) groups excluding carboxylic acids is 1. The van der Waals surface area contributed by atoms with Gasteiger partial charge in [-0.25, -0.2) is 4.79 Å². The molecule has 23 heavy (non-hydrogen) atoms. The van der Waals surface area contributed by atoms with E-state index in [2.05, 4.69) is 6.92 Å². The maximum atomic E-state index is 12.3. The van der Waals surface area contributed by atoms with E-state index in [0.29, 0.717) is 18.6 Å². The number of hydrogen-bond acceptors (Lipinski definition) is 3. The first kappa shape index (κ1) is 17.7. The van der Waals surface area contributed by atoms with Gasteiger partial charge in [0.15, 0.2) is 0 Å². The van der Waals surface area contributed by atoms with E-state index in [1.54, 1.807) is 0 Å². The van der Waals surface area contributed by atoms with E-state index in [0.717, 1.165) is 41.9 Å². The number of ether oxygens (including phenoxy) is 2. The molecule has 3 rings (SSSR count). The van der Waals surface area contributed by atoms with Crippen LogP contribution in [0.5, 0.6) is 11.5 Å². The topological polar surface area (TPSA) is 35.5 Å². The van der Waals surface area contributed by atoms with Crippen LogP contribution >= 0.6 is 0 Å². The molecule has 1 aliphatic heterocycles. The fourth-order valence-electron chi connectivity index (χ4n) is 2.69. The maximum Gasteiger partial charge on any atom is 0.338 e. The second-order valence-corrected chi connectivity index (χ2v) is 5.51. The van der Waals surface area contributed by atoms with Gasteiger partial charge < -0.3 is 9.47 Å². The number of esters is 1. The van der Waals surface area contributed by atoms with Crippen molar-refractivity contribution in [3.63, 3.8) is 0 Å². The molecule has 2 aromatic rings. The predicted octanol–water partition coefficient (Wildman–Crippen LogP) is 4.73. The van der Waals surface area contributed by atoms with Crippen molar-refractivity contribution in [1.29, 1.82) is 0 Å². The SMILES string of the molecule is CCCCCOC(=O)c1cccc2c1Cc1ccccc1O2.[Zn]. The summed E-state index contributed by atoms with van der Waals surface area (Å²) in [6.07, 6.45) is 3.81. The number of hydrogen-bond donors (Lipinski definition) is 0. The summed E-state index contributed by atoms with van der Waals surface area (Å²) in [6.45, 7) is 2.61. The maximum absolute atomic E-state index is 12.3. The molecule has 1 heterocycles. The molecular formula is C19H20O3Zn. The van der Waals surface area contributed by atoms with Gasteiger partial charge in [-0.1, -0.05) is 44.0 Å². The Kier molecular flexibility index (Phi) is 6.35. The van der Waals surface area contributed by atoms with Crippen LogP contribution in [-0.2, 0) is 30.6 Å². The van der Waals surface area contributed by atoms with Gasteiger partial charge in [0.05, 0.1) is 12.2 Å². The third-order valence-electron chi connectivity index (χ3n) is 3.89. The van der Waals surface area contributed by atoms with Crippen molar-refractivity contribution in [2.45, 2.75) is 32.6 Å². The van der Waals surface area contributed by atoms with Crippen molar-refractivity contribution in [3.8, 4) is 11.5 Å². The third-order valence-corrected chi connectivity index (χ3v) is 3.89. The average molecular weight is 362 g/mol. The van der Waals surface area contributed by atoms with E-state index in [4.69, 9.17) is 9.47 Å². The fraction of sp³-hybridized carbons (Fsp3) is 0.316. The van der Waals surface area contributed by atoms with Gasteiger partial charge in [-0.3, -0.25) is 0 Å². The molecule has 4 heteroatoms. The van der Waals surface area contributed by atoms with Crippen LogP contribution < -0.4 is 4.74 Å². The molecule has 0 aromatic heterocycles. The molecular weight excluding hydrogens is 342 g/mol. The summed E-state index contributed by atoms with van der Waals surface area (Å²) < 4.78 is 11.3. The van der Waals surface area contributed by atoms with E-state index < -0.39 is 0 Å². The minimum atomic E-state index is -0.254.